The Bertz CT molecular complexity index is 810. The highest BCUT2D eigenvalue weighted by atomic mass is 79.9. The number of ether oxygens (including phenoxy) is 1. The molecule has 0 heterocycles. The van der Waals surface area contributed by atoms with Gasteiger partial charge in [0, 0.05) is 11.1 Å². The van der Waals surface area contributed by atoms with Crippen LogP contribution in [0.4, 0.5) is 0 Å². The van der Waals surface area contributed by atoms with Crippen molar-refractivity contribution in [1.82, 2.24) is 0 Å². The lowest BCUT2D eigenvalue weighted by Crippen LogP contribution is -2.08. The van der Waals surface area contributed by atoms with Gasteiger partial charge in [0.2, 0.25) is 0 Å². The number of hydrogen-bond donors (Lipinski definition) is 1. The lowest BCUT2D eigenvalue weighted by Gasteiger charge is -2.23. The summed E-state index contributed by atoms with van der Waals surface area (Å²) in [5.41, 5.74) is 5.36. The van der Waals surface area contributed by atoms with Crippen LogP contribution in [0.5, 0.6) is 5.75 Å². The maximum Gasteiger partial charge on any atom is 0.148 e. The third-order valence-electron chi connectivity index (χ3n) is 5.40. The lowest BCUT2D eigenvalue weighted by atomic mass is 9.85. The molecule has 0 unspecified atom stereocenters. The Morgan fingerprint density at radius 3 is 2.44 bits per heavy atom. The van der Waals surface area contributed by atoms with Gasteiger partial charge >= 0.3 is 0 Å². The minimum atomic E-state index is 0.233. The Labute approximate surface area is 179 Å². The molecular weight excluding hydrogens is 468 g/mol. The predicted octanol–water partition coefficient (Wildman–Crippen LogP) is 7.70. The molecule has 1 saturated carbocycles. The van der Waals surface area contributed by atoms with E-state index in [0.717, 1.165) is 42.1 Å². The Morgan fingerprint density at radius 2 is 1.74 bits per heavy atom. The molecule has 0 amide bonds. The minimum absolute atomic E-state index is 0.233. The molecule has 1 aromatic carbocycles. The van der Waals surface area contributed by atoms with Gasteiger partial charge in [-0.05, 0) is 106 Å². The van der Waals surface area contributed by atoms with Gasteiger partial charge in [-0.25, -0.2) is 0 Å². The maximum atomic E-state index is 10.8. The Kier molecular flexibility index (Phi) is 7.04. The molecule has 0 aliphatic heterocycles. The van der Waals surface area contributed by atoms with Crippen LogP contribution in [0.15, 0.2) is 51.8 Å². The summed E-state index contributed by atoms with van der Waals surface area (Å²) in [6.45, 7) is 8.02. The monoisotopic (exact) mass is 492 g/mol. The van der Waals surface area contributed by atoms with E-state index in [1.165, 1.54) is 48.6 Å². The van der Waals surface area contributed by atoms with Gasteiger partial charge in [-0.1, -0.05) is 25.2 Å². The van der Waals surface area contributed by atoms with Crippen molar-refractivity contribution in [2.75, 3.05) is 0 Å². The third kappa shape index (κ3) is 4.60. The number of fused-ring (bicyclic) bond motifs is 1. The van der Waals surface area contributed by atoms with E-state index < -0.39 is 0 Å². The molecule has 0 saturated heterocycles. The minimum Gasteiger partial charge on any atom is -0.506 e. The van der Waals surface area contributed by atoms with E-state index in [0.29, 0.717) is 15.8 Å². The summed E-state index contributed by atoms with van der Waals surface area (Å²) in [5.74, 6) is 0.848. The van der Waals surface area contributed by atoms with Gasteiger partial charge in [0.25, 0.3) is 0 Å². The van der Waals surface area contributed by atoms with Crippen LogP contribution in [0.25, 0.3) is 5.57 Å². The molecule has 2 aliphatic rings. The Hall–Kier alpha value is -1.26. The highest BCUT2D eigenvalue weighted by Crippen LogP contribution is 2.43. The van der Waals surface area contributed by atoms with Crippen molar-refractivity contribution < 1.29 is 9.84 Å². The number of hydrogen-bond acceptors (Lipinski definition) is 2. The van der Waals surface area contributed by atoms with Gasteiger partial charge in [0.15, 0.2) is 0 Å². The largest absolute Gasteiger partial charge is 0.506 e. The van der Waals surface area contributed by atoms with Crippen molar-refractivity contribution in [2.24, 2.45) is 0 Å². The summed E-state index contributed by atoms with van der Waals surface area (Å²) < 4.78 is 7.34. The van der Waals surface area contributed by atoms with E-state index in [1.54, 1.807) is 0 Å². The highest BCUT2D eigenvalue weighted by Gasteiger charge is 2.24. The molecule has 1 N–H and O–H groups in total. The number of phenolic OH excluding ortho intramolecular Hbond substituents is 1. The molecule has 0 atom stereocenters. The molecule has 0 aromatic heterocycles. The molecule has 1 fully saturated rings. The fraction of sp³-hybridized carbons (Fsp3) is 0.391. The van der Waals surface area contributed by atoms with Gasteiger partial charge < -0.3 is 9.84 Å². The molecule has 1 aromatic rings. The first kappa shape index (κ1) is 20.5. The first-order valence-electron chi connectivity index (χ1n) is 9.62. The van der Waals surface area contributed by atoms with E-state index >= 15 is 0 Å². The fourth-order valence-corrected chi connectivity index (χ4v) is 5.18. The van der Waals surface area contributed by atoms with E-state index in [1.807, 2.05) is 6.07 Å². The molecule has 4 heteroatoms. The van der Waals surface area contributed by atoms with Crippen LogP contribution in [0.2, 0.25) is 0 Å². The van der Waals surface area contributed by atoms with Gasteiger partial charge in [0.05, 0.1) is 15.2 Å². The fourth-order valence-electron chi connectivity index (χ4n) is 4.05. The van der Waals surface area contributed by atoms with Crippen LogP contribution < -0.4 is 0 Å². The standard InChI is InChI=1S/C23H26Br2O2/c1-3-27-23(20(25)13-16-9-5-4-6-10-16)15(2)21-18-12-8-7-11-17(18)14-19(24)22(21)26/h3,13-14,26H,1-2,4-12H2/b23-20-. The highest BCUT2D eigenvalue weighted by molar-refractivity contribution is 9.12. The second-order valence-electron chi connectivity index (χ2n) is 7.23. The number of aryl methyl sites for hydroxylation is 1. The van der Waals surface area contributed by atoms with Crippen molar-refractivity contribution in [3.63, 3.8) is 0 Å². The molecule has 144 valence electrons. The van der Waals surface area contributed by atoms with Gasteiger partial charge in [0.1, 0.15) is 11.5 Å². The Balaban J connectivity index is 2.07. The summed E-state index contributed by atoms with van der Waals surface area (Å²) in [6, 6.07) is 2.04. The van der Waals surface area contributed by atoms with Crippen LogP contribution >= 0.6 is 31.9 Å². The number of halogens is 2. The molecule has 0 bridgehead atoms. The molecule has 3 rings (SSSR count). The van der Waals surface area contributed by atoms with Crippen molar-refractivity contribution in [1.29, 1.82) is 0 Å². The number of allylic oxidation sites excluding steroid dienone is 4. The van der Waals surface area contributed by atoms with Gasteiger partial charge in [-0.2, -0.15) is 0 Å². The summed E-state index contributed by atoms with van der Waals surface area (Å²) in [6.07, 6.45) is 13.9. The molecule has 2 nitrogen and oxygen atoms in total. The molecular formula is C23H26Br2O2. The average molecular weight is 494 g/mol. The summed E-state index contributed by atoms with van der Waals surface area (Å²) in [4.78, 5) is 0. The topological polar surface area (TPSA) is 29.5 Å². The van der Waals surface area contributed by atoms with Crippen LogP contribution in [0.3, 0.4) is 0 Å². The zero-order chi connectivity index (χ0) is 19.4. The first-order valence-corrected chi connectivity index (χ1v) is 11.2. The third-order valence-corrected chi connectivity index (χ3v) is 6.59. The number of aromatic hydroxyl groups is 1. The normalized spacial score (nSPS) is 17.6. The van der Waals surface area contributed by atoms with Crippen LogP contribution in [-0.4, -0.2) is 5.11 Å². The second kappa shape index (κ2) is 9.29. The number of phenols is 1. The second-order valence-corrected chi connectivity index (χ2v) is 8.94. The number of rotatable bonds is 5. The van der Waals surface area contributed by atoms with Gasteiger partial charge in [-0.15, -0.1) is 0 Å². The molecule has 27 heavy (non-hydrogen) atoms. The molecule has 0 radical (unpaired) electrons. The SMILES string of the molecule is C=CO/C(C(=C)c1c(O)c(Br)cc2c1CCCC2)=C(\Br)C=C1CCCCC1. The van der Waals surface area contributed by atoms with Gasteiger partial charge in [-0.3, -0.25) is 0 Å². The molecule has 2 aliphatic carbocycles. The van der Waals surface area contributed by atoms with E-state index in [2.05, 4.69) is 51.1 Å². The van der Waals surface area contributed by atoms with E-state index in [-0.39, 0.29) is 5.75 Å². The van der Waals surface area contributed by atoms with Crippen molar-refractivity contribution >= 4 is 37.4 Å². The Morgan fingerprint density at radius 1 is 1.07 bits per heavy atom. The number of benzene rings is 1. The first-order chi connectivity index (χ1) is 13.0. The van der Waals surface area contributed by atoms with Crippen LogP contribution in [0, 0.1) is 0 Å². The van der Waals surface area contributed by atoms with E-state index in [9.17, 15) is 5.11 Å². The van der Waals surface area contributed by atoms with Crippen molar-refractivity contribution in [2.45, 2.75) is 57.8 Å². The predicted molar refractivity (Wildman–Crippen MR) is 120 cm³/mol. The summed E-state index contributed by atoms with van der Waals surface area (Å²) in [7, 11) is 0. The van der Waals surface area contributed by atoms with Crippen molar-refractivity contribution in [3.8, 4) is 5.75 Å². The average Bonchev–Trinajstić information content (AvgIpc) is 2.67. The zero-order valence-electron chi connectivity index (χ0n) is 15.6. The van der Waals surface area contributed by atoms with Crippen LogP contribution in [-0.2, 0) is 17.6 Å². The lowest BCUT2D eigenvalue weighted by molar-refractivity contribution is 0.373. The smallest absolute Gasteiger partial charge is 0.148 e. The zero-order valence-corrected chi connectivity index (χ0v) is 18.8. The van der Waals surface area contributed by atoms with Crippen LogP contribution in [0.1, 0.15) is 61.6 Å². The van der Waals surface area contributed by atoms with E-state index in [4.69, 9.17) is 4.74 Å². The molecule has 0 spiro atoms. The maximum absolute atomic E-state index is 10.8. The summed E-state index contributed by atoms with van der Waals surface area (Å²) in [5, 5.41) is 10.8. The summed E-state index contributed by atoms with van der Waals surface area (Å²) >= 11 is 7.20. The van der Waals surface area contributed by atoms with Crippen molar-refractivity contribution in [3.05, 3.63) is 68.5 Å². The quantitative estimate of drug-likeness (QED) is 0.336.